The number of aromatic nitrogens is 1. The van der Waals surface area contributed by atoms with Crippen molar-refractivity contribution in [1.82, 2.24) is 14.8 Å². The molecular weight excluding hydrogens is 398 g/mol. The Hall–Kier alpha value is -2.38. The molecule has 160 valence electrons. The number of hydrogen-bond acceptors (Lipinski definition) is 6. The Bertz CT molecular complexity index is 904. The van der Waals surface area contributed by atoms with Gasteiger partial charge >= 0.3 is 0 Å². The normalized spacial score (nSPS) is 20.5. The average Bonchev–Trinajstić information content (AvgIpc) is 3.19. The van der Waals surface area contributed by atoms with Gasteiger partial charge in [-0.1, -0.05) is 18.2 Å². The number of phenols is 1. The Morgan fingerprint density at radius 2 is 2.23 bits per heavy atom. The van der Waals surface area contributed by atoms with Crippen molar-refractivity contribution in [2.24, 2.45) is 11.3 Å². The maximum atomic E-state index is 12.8. The van der Waals surface area contributed by atoms with E-state index in [1.807, 2.05) is 35.0 Å². The first kappa shape index (κ1) is 20.9. The number of benzene rings is 1. The van der Waals surface area contributed by atoms with E-state index in [0.29, 0.717) is 12.3 Å². The lowest BCUT2D eigenvalue weighted by Gasteiger charge is -2.32. The quantitative estimate of drug-likeness (QED) is 0.731. The third kappa shape index (κ3) is 4.52. The zero-order valence-corrected chi connectivity index (χ0v) is 18.4. The summed E-state index contributed by atoms with van der Waals surface area (Å²) in [6.07, 6.45) is 7.43. The molecule has 7 heteroatoms. The number of nitrogens with zero attached hydrogens (tertiary/aromatic N) is 3. The largest absolute Gasteiger partial charge is 0.504 e. The van der Waals surface area contributed by atoms with Crippen LogP contribution in [0.5, 0.6) is 11.5 Å². The maximum Gasteiger partial charge on any atom is 0.226 e. The molecule has 4 rings (SSSR count). The minimum Gasteiger partial charge on any atom is -0.504 e. The van der Waals surface area contributed by atoms with Gasteiger partial charge < -0.3 is 14.7 Å². The van der Waals surface area contributed by atoms with Gasteiger partial charge in [-0.15, -0.1) is 11.3 Å². The number of carbonyl (C=O) groups excluding carboxylic acids is 1. The lowest BCUT2D eigenvalue weighted by atomic mass is 9.90. The smallest absolute Gasteiger partial charge is 0.226 e. The molecule has 1 saturated carbocycles. The summed E-state index contributed by atoms with van der Waals surface area (Å²) in [7, 11) is 3.45. The van der Waals surface area contributed by atoms with Gasteiger partial charge in [-0.05, 0) is 55.5 Å². The fourth-order valence-electron chi connectivity index (χ4n) is 4.47. The number of methoxy groups -OCH3 is 1. The van der Waals surface area contributed by atoms with Gasteiger partial charge in [0.1, 0.15) is 0 Å². The van der Waals surface area contributed by atoms with E-state index in [0.717, 1.165) is 50.2 Å². The van der Waals surface area contributed by atoms with Crippen LogP contribution in [0.1, 0.15) is 30.5 Å². The van der Waals surface area contributed by atoms with E-state index >= 15 is 0 Å². The highest BCUT2D eigenvalue weighted by Gasteiger charge is 2.58. The molecule has 2 heterocycles. The Kier molecular flexibility index (Phi) is 6.11. The highest BCUT2D eigenvalue weighted by atomic mass is 32.1. The highest BCUT2D eigenvalue weighted by molar-refractivity contribution is 7.07. The predicted octanol–water partition coefficient (Wildman–Crippen LogP) is 3.63. The number of carbonyl (C=O) groups is 1. The number of thiazole rings is 1. The van der Waals surface area contributed by atoms with Crippen molar-refractivity contribution >= 4 is 23.3 Å². The van der Waals surface area contributed by atoms with Crippen LogP contribution in [0, 0.1) is 11.3 Å². The number of piperidine rings is 1. The molecule has 1 N–H and O–H groups in total. The van der Waals surface area contributed by atoms with E-state index in [1.54, 1.807) is 24.5 Å². The summed E-state index contributed by atoms with van der Waals surface area (Å²) in [5.74, 6) is 1.10. The van der Waals surface area contributed by atoms with Crippen LogP contribution in [0.4, 0.5) is 0 Å². The Morgan fingerprint density at radius 3 is 2.93 bits per heavy atom. The summed E-state index contributed by atoms with van der Waals surface area (Å²) in [5.41, 5.74) is 4.01. The Balaban J connectivity index is 1.24. The molecule has 1 aliphatic carbocycles. The number of aromatic hydroxyl groups is 1. The number of hydrogen-bond donors (Lipinski definition) is 1. The third-order valence-corrected chi connectivity index (χ3v) is 7.11. The van der Waals surface area contributed by atoms with Gasteiger partial charge in [-0.3, -0.25) is 9.69 Å². The molecule has 6 nitrogen and oxygen atoms in total. The van der Waals surface area contributed by atoms with Crippen LogP contribution in [0.2, 0.25) is 0 Å². The first-order valence-corrected chi connectivity index (χ1v) is 11.3. The number of likely N-dealkylation sites (tertiary alicyclic amines) is 1. The average molecular weight is 428 g/mol. The molecule has 30 heavy (non-hydrogen) atoms. The van der Waals surface area contributed by atoms with Gasteiger partial charge in [0.25, 0.3) is 0 Å². The molecule has 0 bridgehead atoms. The predicted molar refractivity (Wildman–Crippen MR) is 118 cm³/mol. The summed E-state index contributed by atoms with van der Waals surface area (Å²) in [6.45, 7) is 3.56. The molecule has 1 amide bonds. The molecule has 1 aromatic carbocycles. The molecule has 0 radical (unpaired) electrons. The fraction of sp³-hybridized carbons (Fsp3) is 0.478. The Morgan fingerprint density at radius 1 is 1.43 bits per heavy atom. The van der Waals surface area contributed by atoms with Crippen LogP contribution < -0.4 is 4.74 Å². The first-order chi connectivity index (χ1) is 14.5. The van der Waals surface area contributed by atoms with Gasteiger partial charge in [0.15, 0.2) is 11.5 Å². The van der Waals surface area contributed by atoms with Crippen molar-refractivity contribution < 1.29 is 14.6 Å². The van der Waals surface area contributed by atoms with Gasteiger partial charge in [0.2, 0.25) is 5.91 Å². The topological polar surface area (TPSA) is 65.9 Å². The maximum absolute atomic E-state index is 12.8. The molecule has 1 spiro atoms. The molecule has 2 aromatic rings. The fourth-order valence-corrected chi connectivity index (χ4v) is 5.02. The second-order valence-corrected chi connectivity index (χ2v) is 9.15. The van der Waals surface area contributed by atoms with Gasteiger partial charge in [-0.2, -0.15) is 0 Å². The molecule has 1 atom stereocenters. The van der Waals surface area contributed by atoms with E-state index in [4.69, 9.17) is 4.74 Å². The highest BCUT2D eigenvalue weighted by Crippen LogP contribution is 2.60. The van der Waals surface area contributed by atoms with E-state index in [2.05, 4.69) is 22.0 Å². The van der Waals surface area contributed by atoms with Crippen molar-refractivity contribution in [3.8, 4) is 11.5 Å². The van der Waals surface area contributed by atoms with Crippen molar-refractivity contribution in [2.75, 3.05) is 33.8 Å². The summed E-state index contributed by atoms with van der Waals surface area (Å²) in [4.78, 5) is 21.4. The monoisotopic (exact) mass is 427 g/mol. The molecule has 1 unspecified atom stereocenters. The number of rotatable bonds is 7. The molecule has 1 aliphatic heterocycles. The second kappa shape index (κ2) is 8.78. The number of ether oxygens (including phenoxy) is 1. The lowest BCUT2D eigenvalue weighted by molar-refractivity contribution is -0.133. The van der Waals surface area contributed by atoms with Crippen molar-refractivity contribution in [3.63, 3.8) is 0 Å². The van der Waals surface area contributed by atoms with Gasteiger partial charge in [0.05, 0.1) is 24.9 Å². The molecule has 1 aromatic heterocycles. The summed E-state index contributed by atoms with van der Waals surface area (Å²) >= 11 is 1.57. The lowest BCUT2D eigenvalue weighted by Crippen LogP contribution is -2.37. The van der Waals surface area contributed by atoms with Crippen molar-refractivity contribution in [2.45, 2.75) is 25.8 Å². The SMILES string of the molecule is COc1cc(/C=C/CN2CCC3(CC2)CC3C(=O)N(C)Cc2cscn2)ccc1O. The Labute approximate surface area is 181 Å². The van der Waals surface area contributed by atoms with Crippen LogP contribution >= 0.6 is 11.3 Å². The molecular formula is C23H29N3O3S. The summed E-state index contributed by atoms with van der Waals surface area (Å²) in [5, 5.41) is 11.7. The minimum absolute atomic E-state index is 0.154. The van der Waals surface area contributed by atoms with Gasteiger partial charge in [0, 0.05) is 24.9 Å². The zero-order valence-electron chi connectivity index (χ0n) is 17.6. The van der Waals surface area contributed by atoms with Crippen LogP contribution in [-0.2, 0) is 11.3 Å². The van der Waals surface area contributed by atoms with E-state index < -0.39 is 0 Å². The van der Waals surface area contributed by atoms with Crippen LogP contribution in [0.3, 0.4) is 0 Å². The summed E-state index contributed by atoms with van der Waals surface area (Å²) < 4.78 is 5.16. The third-order valence-electron chi connectivity index (χ3n) is 6.48. The minimum atomic E-state index is 0.154. The second-order valence-electron chi connectivity index (χ2n) is 8.43. The first-order valence-electron chi connectivity index (χ1n) is 10.4. The summed E-state index contributed by atoms with van der Waals surface area (Å²) in [6, 6.07) is 5.36. The molecule has 1 saturated heterocycles. The standard InChI is InChI=1S/C23H29N3O3S/c1-25(14-18-15-30-16-24-18)22(28)19-13-23(19)7-10-26(11-8-23)9-3-4-17-5-6-20(27)21(12-17)29-2/h3-6,12,15-16,19,27H,7-11,13-14H2,1-2H3/b4-3+. The zero-order chi connectivity index (χ0) is 21.1. The van der Waals surface area contributed by atoms with E-state index in [1.165, 1.54) is 0 Å². The van der Waals surface area contributed by atoms with Gasteiger partial charge in [-0.25, -0.2) is 4.98 Å². The van der Waals surface area contributed by atoms with Crippen molar-refractivity contribution in [1.29, 1.82) is 0 Å². The van der Waals surface area contributed by atoms with E-state index in [9.17, 15) is 9.90 Å². The van der Waals surface area contributed by atoms with E-state index in [-0.39, 0.29) is 23.0 Å². The number of phenolic OH excluding ortho intramolecular Hbond substituents is 1. The number of amides is 1. The van der Waals surface area contributed by atoms with Crippen molar-refractivity contribution in [3.05, 3.63) is 46.4 Å². The van der Waals surface area contributed by atoms with Crippen LogP contribution in [0.25, 0.3) is 6.08 Å². The molecule has 2 aliphatic rings. The van der Waals surface area contributed by atoms with Crippen LogP contribution in [0.15, 0.2) is 35.2 Å². The molecule has 2 fully saturated rings. The van der Waals surface area contributed by atoms with Crippen LogP contribution in [-0.4, -0.2) is 59.6 Å².